The lowest BCUT2D eigenvalue weighted by molar-refractivity contribution is 0.0477. The molecule has 3 rings (SSSR count). The summed E-state index contributed by atoms with van der Waals surface area (Å²) in [4.78, 5) is 7.91. The number of fused-ring (bicyclic) bond motifs is 3. The van der Waals surface area contributed by atoms with E-state index < -0.39 is 5.92 Å². The van der Waals surface area contributed by atoms with Gasteiger partial charge in [-0.05, 0) is 24.3 Å². The summed E-state index contributed by atoms with van der Waals surface area (Å²) >= 11 is 0. The predicted octanol–water partition coefficient (Wildman–Crippen LogP) is 2.60. The van der Waals surface area contributed by atoms with Gasteiger partial charge in [0.05, 0.1) is 22.5 Å². The average Bonchev–Trinajstić information content (AvgIpc) is 2.51. The SMILES string of the molecule is FC1(F)c2cccnc2-c2ncccc21. The van der Waals surface area contributed by atoms with Gasteiger partial charge in [-0.2, -0.15) is 8.78 Å². The van der Waals surface area contributed by atoms with E-state index in [1.54, 1.807) is 0 Å². The molecule has 1 aliphatic carbocycles. The molecule has 0 N–H and O–H groups in total. The number of halogens is 2. The number of aromatic nitrogens is 2. The van der Waals surface area contributed by atoms with E-state index in [9.17, 15) is 8.78 Å². The van der Waals surface area contributed by atoms with E-state index in [2.05, 4.69) is 9.97 Å². The maximum Gasteiger partial charge on any atom is 0.302 e. The van der Waals surface area contributed by atoms with Crippen LogP contribution >= 0.6 is 0 Å². The van der Waals surface area contributed by atoms with Crippen molar-refractivity contribution in [2.45, 2.75) is 5.92 Å². The molecule has 0 aliphatic heterocycles. The van der Waals surface area contributed by atoms with Gasteiger partial charge >= 0.3 is 5.92 Å². The van der Waals surface area contributed by atoms with Crippen molar-refractivity contribution in [3.05, 3.63) is 47.8 Å². The highest BCUT2D eigenvalue weighted by atomic mass is 19.3. The molecule has 4 heteroatoms. The molecule has 0 unspecified atom stereocenters. The minimum absolute atomic E-state index is 0.0568. The van der Waals surface area contributed by atoms with Crippen LogP contribution in [0.3, 0.4) is 0 Å². The van der Waals surface area contributed by atoms with Crippen molar-refractivity contribution in [3.63, 3.8) is 0 Å². The molecular formula is C11H6F2N2. The second-order valence-corrected chi connectivity index (χ2v) is 3.37. The Bertz CT molecular complexity index is 490. The highest BCUT2D eigenvalue weighted by molar-refractivity contribution is 5.72. The van der Waals surface area contributed by atoms with Crippen molar-refractivity contribution in [1.82, 2.24) is 9.97 Å². The van der Waals surface area contributed by atoms with Crippen LogP contribution in [0.1, 0.15) is 11.1 Å². The Balaban J connectivity index is 2.42. The number of pyridine rings is 2. The van der Waals surface area contributed by atoms with Crippen molar-refractivity contribution in [2.24, 2.45) is 0 Å². The fourth-order valence-corrected chi connectivity index (χ4v) is 1.84. The lowest BCUT2D eigenvalue weighted by Gasteiger charge is -2.10. The van der Waals surface area contributed by atoms with Crippen LogP contribution in [0.5, 0.6) is 0 Å². The lowest BCUT2D eigenvalue weighted by Crippen LogP contribution is -2.10. The number of rotatable bonds is 0. The zero-order valence-electron chi connectivity index (χ0n) is 7.61. The molecule has 0 radical (unpaired) electrons. The third-order valence-corrected chi connectivity index (χ3v) is 2.52. The van der Waals surface area contributed by atoms with Crippen molar-refractivity contribution in [1.29, 1.82) is 0 Å². The molecule has 0 amide bonds. The summed E-state index contributed by atoms with van der Waals surface area (Å²) in [5, 5.41) is 0. The summed E-state index contributed by atoms with van der Waals surface area (Å²) < 4.78 is 27.7. The molecule has 0 atom stereocenters. The van der Waals surface area contributed by atoms with Crippen LogP contribution in [0.2, 0.25) is 0 Å². The monoisotopic (exact) mass is 204 g/mol. The van der Waals surface area contributed by atoms with Crippen LogP contribution in [0.15, 0.2) is 36.7 Å². The van der Waals surface area contributed by atoms with E-state index in [4.69, 9.17) is 0 Å². The lowest BCUT2D eigenvalue weighted by atomic mass is 10.1. The molecule has 2 heterocycles. The number of alkyl halides is 2. The molecule has 15 heavy (non-hydrogen) atoms. The zero-order chi connectivity index (χ0) is 10.5. The summed E-state index contributed by atoms with van der Waals surface area (Å²) in [5.74, 6) is -2.97. The van der Waals surface area contributed by atoms with Gasteiger partial charge < -0.3 is 0 Å². The summed E-state index contributed by atoms with van der Waals surface area (Å²) in [6, 6.07) is 5.81. The molecule has 0 aromatic carbocycles. The Labute approximate surface area is 84.6 Å². The molecule has 1 aliphatic rings. The Hall–Kier alpha value is -1.84. The highest BCUT2D eigenvalue weighted by Gasteiger charge is 2.45. The Morgan fingerprint density at radius 1 is 0.867 bits per heavy atom. The quantitative estimate of drug-likeness (QED) is 0.659. The number of hydrogen-bond acceptors (Lipinski definition) is 2. The number of nitrogens with zero attached hydrogens (tertiary/aromatic N) is 2. The molecular weight excluding hydrogens is 198 g/mol. The first-order chi connectivity index (χ1) is 7.21. The molecule has 0 fully saturated rings. The summed E-state index contributed by atoms with van der Waals surface area (Å²) in [6.45, 7) is 0. The molecule has 0 bridgehead atoms. The minimum Gasteiger partial charge on any atom is -0.254 e. The standard InChI is InChI=1S/C11H6F2N2/c12-11(13)7-3-1-5-14-9(7)10-8(11)4-2-6-15-10/h1-6H. The largest absolute Gasteiger partial charge is 0.302 e. The molecule has 2 aromatic heterocycles. The van der Waals surface area contributed by atoms with E-state index in [-0.39, 0.29) is 22.5 Å². The average molecular weight is 204 g/mol. The van der Waals surface area contributed by atoms with Gasteiger partial charge in [0.1, 0.15) is 0 Å². The van der Waals surface area contributed by atoms with Crippen LogP contribution < -0.4 is 0 Å². The second kappa shape index (κ2) is 2.59. The number of hydrogen-bond donors (Lipinski definition) is 0. The van der Waals surface area contributed by atoms with E-state index in [1.165, 1.54) is 36.7 Å². The van der Waals surface area contributed by atoms with Crippen LogP contribution in [0.4, 0.5) is 8.78 Å². The van der Waals surface area contributed by atoms with Crippen molar-refractivity contribution in [2.75, 3.05) is 0 Å². The van der Waals surface area contributed by atoms with Gasteiger partial charge in [0.2, 0.25) is 0 Å². The fraction of sp³-hybridized carbons (Fsp3) is 0.0909. The third kappa shape index (κ3) is 0.960. The first-order valence-corrected chi connectivity index (χ1v) is 4.50. The first-order valence-electron chi connectivity index (χ1n) is 4.50. The fourth-order valence-electron chi connectivity index (χ4n) is 1.84. The van der Waals surface area contributed by atoms with Crippen molar-refractivity contribution < 1.29 is 8.78 Å². The summed E-state index contributed by atoms with van der Waals surface area (Å²) in [5.41, 5.74) is 0.466. The maximum atomic E-state index is 13.8. The molecule has 0 saturated carbocycles. The van der Waals surface area contributed by atoms with Crippen molar-refractivity contribution >= 4 is 0 Å². The minimum atomic E-state index is -2.97. The van der Waals surface area contributed by atoms with E-state index >= 15 is 0 Å². The van der Waals surface area contributed by atoms with E-state index in [0.717, 1.165) is 0 Å². The van der Waals surface area contributed by atoms with Crippen LogP contribution in [-0.2, 0) is 5.92 Å². The van der Waals surface area contributed by atoms with Gasteiger partial charge in [-0.3, -0.25) is 9.97 Å². The van der Waals surface area contributed by atoms with Gasteiger partial charge in [0, 0.05) is 12.4 Å². The van der Waals surface area contributed by atoms with E-state index in [0.29, 0.717) is 0 Å². The van der Waals surface area contributed by atoms with E-state index in [1.807, 2.05) is 0 Å². The van der Waals surface area contributed by atoms with Gasteiger partial charge in [-0.15, -0.1) is 0 Å². The zero-order valence-corrected chi connectivity index (χ0v) is 7.61. The third-order valence-electron chi connectivity index (χ3n) is 2.52. The Morgan fingerprint density at radius 2 is 1.33 bits per heavy atom. The van der Waals surface area contributed by atoms with Gasteiger partial charge in [0.15, 0.2) is 0 Å². The predicted molar refractivity (Wildman–Crippen MR) is 50.5 cm³/mol. The maximum absolute atomic E-state index is 13.8. The molecule has 74 valence electrons. The van der Waals surface area contributed by atoms with Gasteiger partial charge in [0.25, 0.3) is 0 Å². The smallest absolute Gasteiger partial charge is 0.254 e. The molecule has 0 spiro atoms. The van der Waals surface area contributed by atoms with Gasteiger partial charge in [-0.25, -0.2) is 0 Å². The van der Waals surface area contributed by atoms with Crippen LogP contribution in [0.25, 0.3) is 11.4 Å². The second-order valence-electron chi connectivity index (χ2n) is 3.37. The Morgan fingerprint density at radius 3 is 1.80 bits per heavy atom. The molecule has 2 nitrogen and oxygen atoms in total. The summed E-state index contributed by atoms with van der Waals surface area (Å²) in [6.07, 6.45) is 3.00. The normalized spacial score (nSPS) is 15.9. The molecule has 0 saturated heterocycles. The highest BCUT2D eigenvalue weighted by Crippen LogP contribution is 2.48. The van der Waals surface area contributed by atoms with Crippen LogP contribution in [-0.4, -0.2) is 9.97 Å². The first kappa shape index (κ1) is 8.47. The van der Waals surface area contributed by atoms with Gasteiger partial charge in [-0.1, -0.05) is 0 Å². The van der Waals surface area contributed by atoms with Crippen molar-refractivity contribution in [3.8, 4) is 11.4 Å². The summed E-state index contributed by atoms with van der Waals surface area (Å²) in [7, 11) is 0. The molecule has 2 aromatic rings. The van der Waals surface area contributed by atoms with Crippen LogP contribution in [0, 0.1) is 0 Å². The topological polar surface area (TPSA) is 25.8 Å². The Kier molecular flexibility index (Phi) is 1.46.